The smallest absolute Gasteiger partial charge is 0.234 e. The number of imide groups is 1. The highest BCUT2D eigenvalue weighted by atomic mass is 35.5. The zero-order valence-corrected chi connectivity index (χ0v) is 22.5. The van der Waals surface area contributed by atoms with E-state index in [-0.39, 0.29) is 47.8 Å². The van der Waals surface area contributed by atoms with Gasteiger partial charge >= 0.3 is 0 Å². The molecule has 3 fully saturated rings. The molecule has 2 amide bonds. The number of nitrogens with zero attached hydrogens (tertiary/aromatic N) is 3. The van der Waals surface area contributed by atoms with Crippen molar-refractivity contribution in [2.45, 2.75) is 39.5 Å². The van der Waals surface area contributed by atoms with Gasteiger partial charge < -0.3 is 14.8 Å². The fourth-order valence-corrected chi connectivity index (χ4v) is 7.36. The third-order valence-corrected chi connectivity index (χ3v) is 9.27. The van der Waals surface area contributed by atoms with Crippen molar-refractivity contribution >= 4 is 45.0 Å². The minimum absolute atomic E-state index is 0.0421. The van der Waals surface area contributed by atoms with Crippen LogP contribution in [0.2, 0.25) is 5.02 Å². The zero-order chi connectivity index (χ0) is 25.5. The number of hydrogen-bond acceptors (Lipinski definition) is 7. The number of ether oxygens (including phenoxy) is 2. The molecule has 2 aliphatic heterocycles. The van der Waals surface area contributed by atoms with Gasteiger partial charge in [0.2, 0.25) is 11.8 Å². The number of fused-ring (bicyclic) bond motifs is 2. The number of aryl methyl sites for hydroxylation is 2. The molecule has 2 saturated heterocycles. The quantitative estimate of drug-likeness (QED) is 0.490. The summed E-state index contributed by atoms with van der Waals surface area (Å²) in [4.78, 5) is 28.0. The van der Waals surface area contributed by atoms with Crippen LogP contribution in [0.1, 0.15) is 24.3 Å². The second-order valence-corrected chi connectivity index (χ2v) is 12.2. The number of piperidine rings is 1. The number of halogens is 1. The molecule has 8 nitrogen and oxygen atoms in total. The van der Waals surface area contributed by atoms with Crippen LogP contribution in [-0.2, 0) is 27.9 Å². The molecule has 0 radical (unpaired) electrons. The van der Waals surface area contributed by atoms with Gasteiger partial charge in [-0.05, 0) is 36.1 Å². The Bertz CT molecular complexity index is 1390. The second-order valence-electron chi connectivity index (χ2n) is 10.6. The first-order valence-corrected chi connectivity index (χ1v) is 13.3. The van der Waals surface area contributed by atoms with Gasteiger partial charge in [0.15, 0.2) is 0 Å². The van der Waals surface area contributed by atoms with Crippen molar-refractivity contribution in [2.24, 2.45) is 24.3 Å². The highest BCUT2D eigenvalue weighted by molar-refractivity contribution is 7.19. The van der Waals surface area contributed by atoms with E-state index in [1.165, 1.54) is 4.90 Å². The van der Waals surface area contributed by atoms with Crippen LogP contribution in [0.4, 0.5) is 0 Å². The van der Waals surface area contributed by atoms with Crippen LogP contribution in [-0.4, -0.2) is 58.9 Å². The lowest BCUT2D eigenvalue weighted by atomic mass is 10.1. The molecule has 1 aromatic carbocycles. The van der Waals surface area contributed by atoms with E-state index >= 15 is 0 Å². The molecule has 3 aliphatic rings. The van der Waals surface area contributed by atoms with E-state index in [1.807, 2.05) is 50.7 Å². The van der Waals surface area contributed by atoms with Gasteiger partial charge in [0.05, 0.1) is 28.8 Å². The van der Waals surface area contributed by atoms with Crippen LogP contribution < -0.4 is 10.1 Å². The predicted octanol–water partition coefficient (Wildman–Crippen LogP) is 3.77. The van der Waals surface area contributed by atoms with E-state index in [2.05, 4.69) is 5.32 Å². The number of nitrogens with one attached hydrogen (secondary N) is 1. The normalized spacial score (nSPS) is 26.8. The van der Waals surface area contributed by atoms with E-state index in [4.69, 9.17) is 26.2 Å². The molecule has 1 saturated carbocycles. The van der Waals surface area contributed by atoms with Crippen molar-refractivity contribution in [3.05, 3.63) is 33.7 Å². The summed E-state index contributed by atoms with van der Waals surface area (Å²) >= 11 is 8.06. The lowest BCUT2D eigenvalue weighted by Crippen LogP contribution is -2.35. The molecule has 6 rings (SSSR count). The van der Waals surface area contributed by atoms with E-state index in [9.17, 15) is 9.59 Å². The molecule has 36 heavy (non-hydrogen) atoms. The molecule has 4 atom stereocenters. The summed E-state index contributed by atoms with van der Waals surface area (Å²) in [6.07, 6.45) is -0.168. The van der Waals surface area contributed by atoms with Crippen molar-refractivity contribution in [3.63, 3.8) is 0 Å². The summed E-state index contributed by atoms with van der Waals surface area (Å²) in [6, 6.07) is 5.78. The molecular formula is C26H29ClN4O4S. The summed E-state index contributed by atoms with van der Waals surface area (Å²) in [7, 11) is 3.60. The standard InChI is InChI=1S/C26H29ClN4O4S/c1-12-6-13(27)7-15(22(12)35-18-10-28-9-17(18)34-5)21-23-16(29-30(21)4)8-14(36-23)11-31-24(32)19-20(25(31)33)26(19,2)3/h6-8,17-20,28H,9-11H2,1-5H3. The maximum atomic E-state index is 12.9. The predicted molar refractivity (Wildman–Crippen MR) is 138 cm³/mol. The minimum Gasteiger partial charge on any atom is -0.485 e. The summed E-state index contributed by atoms with van der Waals surface area (Å²) < 4.78 is 14.9. The Morgan fingerprint density at radius 1 is 1.17 bits per heavy atom. The average Bonchev–Trinajstić information content (AvgIpc) is 3.28. The number of amides is 2. The van der Waals surface area contributed by atoms with Gasteiger partial charge in [0, 0.05) is 42.7 Å². The summed E-state index contributed by atoms with van der Waals surface area (Å²) in [6.45, 7) is 7.69. The number of benzene rings is 1. The van der Waals surface area contributed by atoms with Gasteiger partial charge in [0.25, 0.3) is 0 Å². The fourth-order valence-electron chi connectivity index (χ4n) is 5.92. The molecule has 2 aromatic heterocycles. The van der Waals surface area contributed by atoms with Gasteiger partial charge in [-0.1, -0.05) is 25.4 Å². The van der Waals surface area contributed by atoms with E-state index in [1.54, 1.807) is 18.4 Å². The lowest BCUT2D eigenvalue weighted by molar-refractivity contribution is -0.143. The zero-order valence-electron chi connectivity index (χ0n) is 20.9. The molecule has 10 heteroatoms. The topological polar surface area (TPSA) is 85.7 Å². The molecule has 190 valence electrons. The number of likely N-dealkylation sites (tertiary alicyclic amines) is 1. The Kier molecular flexibility index (Phi) is 5.50. The monoisotopic (exact) mass is 528 g/mol. The van der Waals surface area contributed by atoms with E-state index in [0.717, 1.165) is 44.2 Å². The van der Waals surface area contributed by atoms with Crippen LogP contribution in [0.5, 0.6) is 5.75 Å². The maximum absolute atomic E-state index is 12.9. The number of thiophene rings is 1. The third-order valence-electron chi connectivity index (χ3n) is 7.94. The Balaban J connectivity index is 1.36. The number of carbonyl (C=O) groups excluding carboxylic acids is 2. The Morgan fingerprint density at radius 3 is 2.56 bits per heavy atom. The molecular weight excluding hydrogens is 500 g/mol. The first-order valence-electron chi connectivity index (χ1n) is 12.1. The van der Waals surface area contributed by atoms with Crippen molar-refractivity contribution in [3.8, 4) is 17.0 Å². The Labute approximate surface area is 218 Å². The number of aromatic nitrogens is 2. The SMILES string of the molecule is COC1CNCC1Oc1c(C)cc(Cl)cc1-c1c2sc(CN3C(=O)C4C(C3=O)C4(C)C)cc2nn1C. The van der Waals surface area contributed by atoms with Crippen molar-refractivity contribution in [1.82, 2.24) is 20.0 Å². The van der Waals surface area contributed by atoms with Crippen LogP contribution in [0, 0.1) is 24.2 Å². The fraction of sp³-hybridized carbons (Fsp3) is 0.500. The minimum atomic E-state index is -0.210. The maximum Gasteiger partial charge on any atom is 0.234 e. The summed E-state index contributed by atoms with van der Waals surface area (Å²) in [5.74, 6) is 0.290. The van der Waals surface area contributed by atoms with Gasteiger partial charge in [-0.3, -0.25) is 19.2 Å². The van der Waals surface area contributed by atoms with Crippen LogP contribution in [0.25, 0.3) is 21.5 Å². The van der Waals surface area contributed by atoms with Crippen molar-refractivity contribution in [2.75, 3.05) is 20.2 Å². The molecule has 3 aromatic rings. The van der Waals surface area contributed by atoms with Crippen LogP contribution >= 0.6 is 22.9 Å². The van der Waals surface area contributed by atoms with Gasteiger partial charge in [-0.25, -0.2) is 0 Å². The highest BCUT2D eigenvalue weighted by Gasteiger charge is 2.72. The Morgan fingerprint density at radius 2 is 1.86 bits per heavy atom. The largest absolute Gasteiger partial charge is 0.485 e. The lowest BCUT2D eigenvalue weighted by Gasteiger charge is -2.23. The van der Waals surface area contributed by atoms with Crippen molar-refractivity contribution < 1.29 is 19.1 Å². The molecule has 4 unspecified atom stereocenters. The van der Waals surface area contributed by atoms with E-state index < -0.39 is 0 Å². The number of carbonyl (C=O) groups is 2. The molecule has 0 spiro atoms. The van der Waals surface area contributed by atoms with E-state index in [0.29, 0.717) is 11.6 Å². The molecule has 0 bridgehead atoms. The molecule has 4 heterocycles. The number of rotatable bonds is 6. The van der Waals surface area contributed by atoms with Crippen molar-refractivity contribution in [1.29, 1.82) is 0 Å². The third kappa shape index (κ3) is 3.51. The molecule has 1 aliphatic carbocycles. The second kappa shape index (κ2) is 8.28. The summed E-state index contributed by atoms with van der Waals surface area (Å²) in [5.41, 5.74) is 3.29. The Hall–Kier alpha value is -2.46. The first-order chi connectivity index (χ1) is 17.1. The molecule has 1 N–H and O–H groups in total. The summed E-state index contributed by atoms with van der Waals surface area (Å²) in [5, 5.41) is 8.68. The van der Waals surface area contributed by atoms with Gasteiger partial charge in [0.1, 0.15) is 23.5 Å². The number of hydrogen-bond donors (Lipinski definition) is 1. The average molecular weight is 529 g/mol. The van der Waals surface area contributed by atoms with Crippen LogP contribution in [0.3, 0.4) is 0 Å². The van der Waals surface area contributed by atoms with Crippen LogP contribution in [0.15, 0.2) is 18.2 Å². The van der Waals surface area contributed by atoms with Gasteiger partial charge in [-0.2, -0.15) is 5.10 Å². The van der Waals surface area contributed by atoms with Gasteiger partial charge in [-0.15, -0.1) is 11.3 Å². The first kappa shape index (κ1) is 23.9. The highest BCUT2D eigenvalue weighted by Crippen LogP contribution is 2.63. The number of methoxy groups -OCH3 is 1.